The van der Waals surface area contributed by atoms with Crippen LogP contribution in [0.5, 0.6) is 0 Å². The fourth-order valence-electron chi connectivity index (χ4n) is 2.32. The van der Waals surface area contributed by atoms with E-state index in [4.69, 9.17) is 10.5 Å². The van der Waals surface area contributed by atoms with Gasteiger partial charge in [0, 0.05) is 19.1 Å². The normalized spacial score (nSPS) is 19.4. The summed E-state index contributed by atoms with van der Waals surface area (Å²) in [6.07, 6.45) is 2.48. The summed E-state index contributed by atoms with van der Waals surface area (Å²) >= 11 is 0. The van der Waals surface area contributed by atoms with Crippen LogP contribution in [-0.2, 0) is 16.1 Å². The van der Waals surface area contributed by atoms with Gasteiger partial charge in [-0.1, -0.05) is 30.3 Å². The molecule has 0 spiro atoms. The van der Waals surface area contributed by atoms with E-state index in [1.54, 1.807) is 0 Å². The van der Waals surface area contributed by atoms with E-state index in [0.29, 0.717) is 26.2 Å². The second-order valence-corrected chi connectivity index (χ2v) is 5.03. The highest BCUT2D eigenvalue weighted by Gasteiger charge is 2.20. The summed E-state index contributed by atoms with van der Waals surface area (Å²) in [6.45, 7) is 2.57. The van der Waals surface area contributed by atoms with Gasteiger partial charge in [-0.15, -0.1) is 0 Å². The highest BCUT2D eigenvalue weighted by Crippen LogP contribution is 2.09. The first-order valence-electron chi connectivity index (χ1n) is 6.91. The molecule has 2 rings (SSSR count). The summed E-state index contributed by atoms with van der Waals surface area (Å²) in [7, 11) is 0. The first kappa shape index (κ1) is 14.0. The fraction of sp³-hybridized carbons (Fsp3) is 0.533. The molecule has 1 unspecified atom stereocenters. The number of hydrogen-bond acceptors (Lipinski definition) is 3. The first-order chi connectivity index (χ1) is 9.25. The Morgan fingerprint density at radius 1 is 1.37 bits per heavy atom. The molecule has 2 N–H and O–H groups in total. The second kappa shape index (κ2) is 7.26. The molecule has 0 aromatic heterocycles. The lowest BCUT2D eigenvalue weighted by molar-refractivity contribution is -0.133. The van der Waals surface area contributed by atoms with Crippen molar-refractivity contribution in [2.24, 2.45) is 5.73 Å². The SMILES string of the molecule is NC1CCCN(C(=O)CCOCc2ccccc2)C1. The van der Waals surface area contributed by atoms with Gasteiger partial charge in [0.1, 0.15) is 0 Å². The van der Waals surface area contributed by atoms with E-state index in [1.165, 1.54) is 0 Å². The Labute approximate surface area is 114 Å². The van der Waals surface area contributed by atoms with Crippen molar-refractivity contribution in [2.45, 2.75) is 31.9 Å². The van der Waals surface area contributed by atoms with E-state index in [-0.39, 0.29) is 11.9 Å². The molecular weight excluding hydrogens is 240 g/mol. The smallest absolute Gasteiger partial charge is 0.224 e. The van der Waals surface area contributed by atoms with Gasteiger partial charge in [-0.3, -0.25) is 4.79 Å². The number of hydrogen-bond donors (Lipinski definition) is 1. The van der Waals surface area contributed by atoms with Crippen molar-refractivity contribution in [2.75, 3.05) is 19.7 Å². The molecule has 1 saturated heterocycles. The third-order valence-electron chi connectivity index (χ3n) is 3.38. The van der Waals surface area contributed by atoms with Gasteiger partial charge < -0.3 is 15.4 Å². The molecule has 1 atom stereocenters. The number of rotatable bonds is 5. The van der Waals surface area contributed by atoms with Gasteiger partial charge in [0.2, 0.25) is 5.91 Å². The molecule has 1 aliphatic rings. The molecule has 1 aromatic rings. The summed E-state index contributed by atoms with van der Waals surface area (Å²) in [4.78, 5) is 13.8. The molecule has 0 aliphatic carbocycles. The largest absolute Gasteiger partial charge is 0.376 e. The summed E-state index contributed by atoms with van der Waals surface area (Å²) in [6, 6.07) is 10.1. The predicted octanol–water partition coefficient (Wildman–Crippen LogP) is 1.54. The quantitative estimate of drug-likeness (QED) is 0.819. The number of nitrogens with zero attached hydrogens (tertiary/aromatic N) is 1. The van der Waals surface area contributed by atoms with Gasteiger partial charge in [0.05, 0.1) is 19.6 Å². The van der Waals surface area contributed by atoms with E-state index in [2.05, 4.69) is 0 Å². The van der Waals surface area contributed by atoms with Crippen LogP contribution < -0.4 is 5.73 Å². The molecule has 0 saturated carbocycles. The molecule has 19 heavy (non-hydrogen) atoms. The summed E-state index contributed by atoms with van der Waals surface area (Å²) < 4.78 is 5.53. The van der Waals surface area contributed by atoms with E-state index >= 15 is 0 Å². The Balaban J connectivity index is 1.64. The van der Waals surface area contributed by atoms with Crippen LogP contribution in [0.3, 0.4) is 0 Å². The number of ether oxygens (including phenoxy) is 1. The van der Waals surface area contributed by atoms with Gasteiger partial charge >= 0.3 is 0 Å². The van der Waals surface area contributed by atoms with Gasteiger partial charge in [-0.2, -0.15) is 0 Å². The van der Waals surface area contributed by atoms with Crippen LogP contribution in [0.4, 0.5) is 0 Å². The highest BCUT2D eigenvalue weighted by atomic mass is 16.5. The maximum Gasteiger partial charge on any atom is 0.224 e. The molecular formula is C15H22N2O2. The number of piperidine rings is 1. The maximum atomic E-state index is 11.9. The minimum absolute atomic E-state index is 0.142. The Morgan fingerprint density at radius 3 is 2.89 bits per heavy atom. The molecule has 4 nitrogen and oxygen atoms in total. The fourth-order valence-corrected chi connectivity index (χ4v) is 2.32. The highest BCUT2D eigenvalue weighted by molar-refractivity contribution is 5.76. The number of amides is 1. The average Bonchev–Trinajstić information content (AvgIpc) is 2.44. The molecule has 1 aromatic carbocycles. The number of benzene rings is 1. The minimum atomic E-state index is 0.142. The van der Waals surface area contributed by atoms with Crippen LogP contribution >= 0.6 is 0 Å². The summed E-state index contributed by atoms with van der Waals surface area (Å²) in [5.41, 5.74) is 7.00. The van der Waals surface area contributed by atoms with Crippen LogP contribution in [0.15, 0.2) is 30.3 Å². The molecule has 1 aliphatic heterocycles. The summed E-state index contributed by atoms with van der Waals surface area (Å²) in [5, 5.41) is 0. The van der Waals surface area contributed by atoms with Crippen LogP contribution in [0.2, 0.25) is 0 Å². The third kappa shape index (κ3) is 4.65. The number of likely N-dealkylation sites (tertiary alicyclic amines) is 1. The monoisotopic (exact) mass is 262 g/mol. The van der Waals surface area contributed by atoms with Gasteiger partial charge in [-0.25, -0.2) is 0 Å². The van der Waals surface area contributed by atoms with Gasteiger partial charge in [0.25, 0.3) is 0 Å². The Morgan fingerprint density at radius 2 is 2.16 bits per heavy atom. The lowest BCUT2D eigenvalue weighted by atomic mass is 10.1. The molecule has 0 radical (unpaired) electrons. The van der Waals surface area contributed by atoms with Crippen molar-refractivity contribution in [3.63, 3.8) is 0 Å². The zero-order valence-electron chi connectivity index (χ0n) is 11.3. The molecule has 104 valence electrons. The van der Waals surface area contributed by atoms with Crippen molar-refractivity contribution in [1.29, 1.82) is 0 Å². The zero-order valence-corrected chi connectivity index (χ0v) is 11.3. The Kier molecular flexibility index (Phi) is 5.36. The molecule has 1 fully saturated rings. The van der Waals surface area contributed by atoms with Gasteiger partial charge in [0.15, 0.2) is 0 Å². The third-order valence-corrected chi connectivity index (χ3v) is 3.38. The molecule has 1 amide bonds. The Bertz CT molecular complexity index is 394. The zero-order chi connectivity index (χ0) is 13.5. The first-order valence-corrected chi connectivity index (χ1v) is 6.91. The van der Waals surface area contributed by atoms with Crippen molar-refractivity contribution in [3.05, 3.63) is 35.9 Å². The van der Waals surface area contributed by atoms with Crippen LogP contribution in [0.1, 0.15) is 24.8 Å². The molecule has 1 heterocycles. The lowest BCUT2D eigenvalue weighted by Gasteiger charge is -2.30. The van der Waals surface area contributed by atoms with Crippen LogP contribution in [0, 0.1) is 0 Å². The van der Waals surface area contributed by atoms with Crippen molar-refractivity contribution in [3.8, 4) is 0 Å². The minimum Gasteiger partial charge on any atom is -0.376 e. The number of nitrogens with two attached hydrogens (primary N) is 1. The average molecular weight is 262 g/mol. The van der Waals surface area contributed by atoms with E-state index in [9.17, 15) is 4.79 Å². The number of carbonyl (C=O) groups excluding carboxylic acids is 1. The molecule has 4 heteroatoms. The second-order valence-electron chi connectivity index (χ2n) is 5.03. The standard InChI is InChI=1S/C15H22N2O2/c16-14-7-4-9-17(11-14)15(18)8-10-19-12-13-5-2-1-3-6-13/h1-3,5-6,14H,4,7-12,16H2. The maximum absolute atomic E-state index is 11.9. The van der Waals surface area contributed by atoms with E-state index in [1.807, 2.05) is 35.2 Å². The van der Waals surface area contributed by atoms with Crippen LogP contribution in [-0.4, -0.2) is 36.5 Å². The summed E-state index contributed by atoms with van der Waals surface area (Å²) in [5.74, 6) is 0.156. The van der Waals surface area contributed by atoms with Crippen molar-refractivity contribution >= 4 is 5.91 Å². The lowest BCUT2D eigenvalue weighted by Crippen LogP contribution is -2.45. The van der Waals surface area contributed by atoms with Crippen molar-refractivity contribution < 1.29 is 9.53 Å². The number of carbonyl (C=O) groups is 1. The van der Waals surface area contributed by atoms with Crippen molar-refractivity contribution in [1.82, 2.24) is 4.90 Å². The van der Waals surface area contributed by atoms with Crippen LogP contribution in [0.25, 0.3) is 0 Å². The van der Waals surface area contributed by atoms with Gasteiger partial charge in [-0.05, 0) is 18.4 Å². The van der Waals surface area contributed by atoms with E-state index in [0.717, 1.165) is 24.9 Å². The topological polar surface area (TPSA) is 55.6 Å². The van der Waals surface area contributed by atoms with E-state index < -0.39 is 0 Å². The molecule has 0 bridgehead atoms. The Hall–Kier alpha value is -1.39. The predicted molar refractivity (Wildman–Crippen MR) is 74.5 cm³/mol.